The second-order valence-corrected chi connectivity index (χ2v) is 9.68. The Morgan fingerprint density at radius 3 is 2.75 bits per heavy atom. The van der Waals surface area contributed by atoms with Crippen LogP contribution in [-0.2, 0) is 4.79 Å². The molecule has 1 aromatic heterocycles. The lowest BCUT2D eigenvalue weighted by Crippen LogP contribution is -2.34. The third-order valence-corrected chi connectivity index (χ3v) is 7.52. The molecule has 1 amide bonds. The second-order valence-electron chi connectivity index (χ2n) is 7.34. The smallest absolute Gasteiger partial charge is 0.261 e. The molecule has 1 atom stereocenters. The zero-order valence-electron chi connectivity index (χ0n) is 15.9. The lowest BCUT2D eigenvalue weighted by Gasteiger charge is -2.28. The molecule has 2 aliphatic rings. The number of thiophene rings is 1. The van der Waals surface area contributed by atoms with Gasteiger partial charge in [-0.1, -0.05) is 41.9 Å². The predicted molar refractivity (Wildman–Crippen MR) is 121 cm³/mol. The van der Waals surface area contributed by atoms with Gasteiger partial charge in [-0.05, 0) is 85.1 Å². The first-order valence-corrected chi connectivity index (χ1v) is 12.1. The van der Waals surface area contributed by atoms with Gasteiger partial charge in [-0.25, -0.2) is 0 Å². The Bertz CT molecular complexity index is 831. The number of rotatable bonds is 6. The molecule has 3 nitrogen and oxygen atoms in total. The maximum atomic E-state index is 13.2. The summed E-state index contributed by atoms with van der Waals surface area (Å²) < 4.78 is 0. The van der Waals surface area contributed by atoms with Gasteiger partial charge < -0.3 is 9.80 Å². The maximum absolute atomic E-state index is 13.2. The van der Waals surface area contributed by atoms with E-state index in [1.807, 2.05) is 34.6 Å². The molecule has 3 heterocycles. The normalized spacial score (nSPS) is 22.3. The minimum atomic E-state index is -0.00237. The van der Waals surface area contributed by atoms with Gasteiger partial charge in [-0.2, -0.15) is 11.3 Å². The summed E-state index contributed by atoms with van der Waals surface area (Å²) in [5.41, 5.74) is 2.19. The van der Waals surface area contributed by atoms with Crippen LogP contribution in [0.2, 0.25) is 5.02 Å². The molecule has 4 rings (SSSR count). The van der Waals surface area contributed by atoms with Crippen LogP contribution < -0.4 is 0 Å². The van der Waals surface area contributed by atoms with E-state index in [1.54, 1.807) is 23.1 Å². The zero-order chi connectivity index (χ0) is 19.3. The van der Waals surface area contributed by atoms with Crippen LogP contribution in [0.15, 0.2) is 46.0 Å². The van der Waals surface area contributed by atoms with Crippen LogP contribution in [0.1, 0.15) is 42.2 Å². The van der Waals surface area contributed by atoms with E-state index in [0.29, 0.717) is 5.02 Å². The fourth-order valence-electron chi connectivity index (χ4n) is 3.86. The molecule has 148 valence electrons. The van der Waals surface area contributed by atoms with Gasteiger partial charge in [0.25, 0.3) is 5.91 Å². The molecule has 1 unspecified atom stereocenters. The monoisotopic (exact) mass is 432 g/mol. The number of thioether (sulfide) groups is 1. The molecule has 0 radical (unpaired) electrons. The van der Waals surface area contributed by atoms with Crippen LogP contribution in [0.25, 0.3) is 6.08 Å². The van der Waals surface area contributed by atoms with Crippen molar-refractivity contribution in [1.82, 2.24) is 9.80 Å². The Hall–Kier alpha value is -1.27. The summed E-state index contributed by atoms with van der Waals surface area (Å²) in [6, 6.07) is 9.96. The Labute approximate surface area is 180 Å². The predicted octanol–water partition coefficient (Wildman–Crippen LogP) is 5.89. The van der Waals surface area contributed by atoms with Gasteiger partial charge >= 0.3 is 0 Å². The highest BCUT2D eigenvalue weighted by Gasteiger charge is 2.36. The molecule has 0 saturated carbocycles. The quantitative estimate of drug-likeness (QED) is 0.531. The summed E-state index contributed by atoms with van der Waals surface area (Å²) in [6.45, 7) is 4.24. The lowest BCUT2D eigenvalue weighted by molar-refractivity contribution is -0.126. The molecule has 2 aliphatic heterocycles. The van der Waals surface area contributed by atoms with E-state index in [2.05, 4.69) is 22.4 Å². The van der Waals surface area contributed by atoms with Gasteiger partial charge in [0.1, 0.15) is 5.37 Å². The molecule has 0 spiro atoms. The molecule has 0 bridgehead atoms. The molecule has 0 aliphatic carbocycles. The lowest BCUT2D eigenvalue weighted by atomic mass is 10.1. The van der Waals surface area contributed by atoms with Crippen LogP contribution in [0.4, 0.5) is 0 Å². The number of carbonyl (C=O) groups is 1. The third-order valence-electron chi connectivity index (χ3n) is 5.29. The fraction of sp³-hybridized carbons (Fsp3) is 0.409. The third kappa shape index (κ3) is 4.82. The number of benzene rings is 1. The summed E-state index contributed by atoms with van der Waals surface area (Å²) in [4.78, 5) is 18.6. The molecule has 0 N–H and O–H groups in total. The molecular formula is C22H25ClN2OS2. The number of nitrogens with zero attached hydrogens (tertiary/aromatic N) is 2. The Morgan fingerprint density at radius 1 is 1.14 bits per heavy atom. The van der Waals surface area contributed by atoms with Gasteiger partial charge in [0.2, 0.25) is 0 Å². The van der Waals surface area contributed by atoms with Crippen molar-refractivity contribution in [2.45, 2.75) is 31.1 Å². The number of piperidine rings is 1. The summed E-state index contributed by atoms with van der Waals surface area (Å²) >= 11 is 9.53. The van der Waals surface area contributed by atoms with Crippen molar-refractivity contribution in [3.8, 4) is 0 Å². The number of likely N-dealkylation sites (tertiary alicyclic amines) is 1. The minimum Gasteiger partial charge on any atom is -0.322 e. The maximum Gasteiger partial charge on any atom is 0.261 e. The highest BCUT2D eigenvalue weighted by Crippen LogP contribution is 2.46. The largest absolute Gasteiger partial charge is 0.322 e. The zero-order valence-corrected chi connectivity index (χ0v) is 18.2. The summed E-state index contributed by atoms with van der Waals surface area (Å²) in [5, 5.41) is 4.83. The van der Waals surface area contributed by atoms with E-state index in [-0.39, 0.29) is 11.3 Å². The molecule has 1 aromatic carbocycles. The van der Waals surface area contributed by atoms with E-state index in [1.165, 1.54) is 32.4 Å². The van der Waals surface area contributed by atoms with E-state index >= 15 is 0 Å². The average molecular weight is 433 g/mol. The Kier molecular flexibility index (Phi) is 6.78. The van der Waals surface area contributed by atoms with Gasteiger partial charge in [0, 0.05) is 11.6 Å². The molecule has 2 aromatic rings. The molecule has 6 heteroatoms. The highest BCUT2D eigenvalue weighted by molar-refractivity contribution is 8.04. The van der Waals surface area contributed by atoms with Crippen LogP contribution in [0.5, 0.6) is 0 Å². The van der Waals surface area contributed by atoms with Crippen molar-refractivity contribution in [1.29, 1.82) is 0 Å². The van der Waals surface area contributed by atoms with Crippen LogP contribution in [0, 0.1) is 0 Å². The van der Waals surface area contributed by atoms with E-state index < -0.39 is 0 Å². The fourth-order valence-corrected chi connectivity index (χ4v) is 5.95. The van der Waals surface area contributed by atoms with Crippen LogP contribution in [-0.4, -0.2) is 41.9 Å². The van der Waals surface area contributed by atoms with Crippen molar-refractivity contribution in [2.75, 3.05) is 26.2 Å². The SMILES string of the molecule is O=C1/C(=C/c2ccsc2)SC(c2cccc(Cl)c2)N1CCCN1CCCCC1. The van der Waals surface area contributed by atoms with Crippen molar-refractivity contribution in [3.63, 3.8) is 0 Å². The number of hydrogen-bond donors (Lipinski definition) is 0. The topological polar surface area (TPSA) is 23.6 Å². The molecule has 2 fully saturated rings. The van der Waals surface area contributed by atoms with Crippen molar-refractivity contribution < 1.29 is 4.79 Å². The van der Waals surface area contributed by atoms with E-state index in [4.69, 9.17) is 11.6 Å². The summed E-state index contributed by atoms with van der Waals surface area (Å²) in [5.74, 6) is 0.139. The van der Waals surface area contributed by atoms with Gasteiger partial charge in [-0.3, -0.25) is 4.79 Å². The first-order valence-electron chi connectivity index (χ1n) is 9.90. The number of halogens is 1. The van der Waals surface area contributed by atoms with Crippen LogP contribution >= 0.6 is 34.7 Å². The number of carbonyl (C=O) groups excluding carboxylic acids is 1. The van der Waals surface area contributed by atoms with Crippen LogP contribution in [0.3, 0.4) is 0 Å². The van der Waals surface area contributed by atoms with Gasteiger partial charge in [0.05, 0.1) is 4.91 Å². The van der Waals surface area contributed by atoms with Crippen molar-refractivity contribution in [2.24, 2.45) is 0 Å². The molecule has 28 heavy (non-hydrogen) atoms. The Morgan fingerprint density at radius 2 is 2.00 bits per heavy atom. The summed E-state index contributed by atoms with van der Waals surface area (Å²) in [6.07, 6.45) is 6.99. The van der Waals surface area contributed by atoms with Crippen molar-refractivity contribution in [3.05, 3.63) is 62.1 Å². The van der Waals surface area contributed by atoms with Crippen molar-refractivity contribution >= 4 is 46.7 Å². The molecule has 2 saturated heterocycles. The second kappa shape index (κ2) is 9.49. The Balaban J connectivity index is 1.50. The summed E-state index contributed by atoms with van der Waals surface area (Å²) in [7, 11) is 0. The van der Waals surface area contributed by atoms with E-state index in [9.17, 15) is 4.79 Å². The van der Waals surface area contributed by atoms with Gasteiger partial charge in [0.15, 0.2) is 0 Å². The highest BCUT2D eigenvalue weighted by atomic mass is 35.5. The minimum absolute atomic E-state index is 0.00237. The van der Waals surface area contributed by atoms with E-state index in [0.717, 1.165) is 35.5 Å². The molecular weight excluding hydrogens is 408 g/mol. The average Bonchev–Trinajstić information content (AvgIpc) is 3.32. The number of amides is 1. The van der Waals surface area contributed by atoms with Gasteiger partial charge in [-0.15, -0.1) is 0 Å². The standard InChI is InChI=1S/C22H25ClN2OS2/c23-19-7-4-6-18(15-19)22-25(12-5-11-24-9-2-1-3-10-24)21(26)20(28-22)14-17-8-13-27-16-17/h4,6-8,13-16,22H,1-3,5,9-12H2/b20-14-. The first-order chi connectivity index (χ1) is 13.7. The number of hydrogen-bond acceptors (Lipinski definition) is 4. The first kappa shape index (κ1) is 20.0.